The highest BCUT2D eigenvalue weighted by molar-refractivity contribution is 8.02. The summed E-state index contributed by atoms with van der Waals surface area (Å²) in [6.07, 6.45) is 0. The first-order valence-corrected chi connectivity index (χ1v) is 16.4. The second kappa shape index (κ2) is 11.1. The predicted octanol–water partition coefficient (Wildman–Crippen LogP) is 6.56. The third-order valence-electron chi connectivity index (χ3n) is 7.95. The van der Waals surface area contributed by atoms with E-state index in [1.54, 1.807) is 42.5 Å². The molecule has 0 saturated carbocycles. The van der Waals surface area contributed by atoms with Crippen molar-refractivity contribution in [2.75, 3.05) is 0 Å². The topological polar surface area (TPSA) is 74.1 Å². The zero-order valence-electron chi connectivity index (χ0n) is 23.1. The number of rotatable bonds is 5. The second-order valence-corrected chi connectivity index (χ2v) is 14.5. The Hall–Kier alpha value is -4.67. The van der Waals surface area contributed by atoms with E-state index >= 15 is 0 Å². The lowest BCUT2D eigenvalue weighted by Gasteiger charge is -2.28. The lowest BCUT2D eigenvalue weighted by molar-refractivity contribution is -0.590. The Morgan fingerprint density at radius 2 is 1.00 bits per heavy atom. The number of hydrogen-bond acceptors (Lipinski definition) is 3. The third-order valence-corrected chi connectivity index (χ3v) is 12.8. The summed E-state index contributed by atoms with van der Waals surface area (Å²) in [4.78, 5) is 0. The Bertz CT molecular complexity index is 2080. The maximum absolute atomic E-state index is 14.5. The van der Waals surface area contributed by atoms with Crippen LogP contribution in [-0.4, -0.2) is 5.11 Å². The van der Waals surface area contributed by atoms with Crippen LogP contribution in [0.1, 0.15) is 0 Å². The predicted molar refractivity (Wildman–Crippen MR) is 181 cm³/mol. The van der Waals surface area contributed by atoms with Gasteiger partial charge >= 0.3 is 5.52 Å². The normalized spacial score (nSPS) is 11.7. The molecule has 7 aromatic rings. The summed E-state index contributed by atoms with van der Waals surface area (Å²) in [5.74, 6) is -0.147. The van der Waals surface area contributed by atoms with Gasteiger partial charge in [0.05, 0.1) is 0 Å². The van der Waals surface area contributed by atoms with Crippen LogP contribution < -0.4 is 30.7 Å². The van der Waals surface area contributed by atoms with Gasteiger partial charge in [0.15, 0.2) is 13.0 Å². The van der Waals surface area contributed by atoms with Gasteiger partial charge in [-0.1, -0.05) is 89.9 Å². The lowest BCUT2D eigenvalue weighted by atomic mass is 10.0. The van der Waals surface area contributed by atoms with Gasteiger partial charge in [0.1, 0.15) is 15.9 Å². The van der Waals surface area contributed by atoms with Gasteiger partial charge < -0.3 is 15.5 Å². The number of halogens is 2. The van der Waals surface area contributed by atoms with Gasteiger partial charge in [-0.15, -0.1) is 4.73 Å². The number of phenols is 1. The van der Waals surface area contributed by atoms with Crippen molar-refractivity contribution in [3.05, 3.63) is 160 Å². The fourth-order valence-electron chi connectivity index (χ4n) is 6.06. The number of para-hydroxylation sites is 2. The molecular formula is C36H24Cl2N2O3P+. The van der Waals surface area contributed by atoms with Crippen molar-refractivity contribution in [2.24, 2.45) is 0 Å². The van der Waals surface area contributed by atoms with E-state index in [1.165, 1.54) is 6.07 Å². The monoisotopic (exact) mass is 633 g/mol. The van der Waals surface area contributed by atoms with Gasteiger partial charge in [-0.25, -0.2) is 0 Å². The Morgan fingerprint density at radius 3 is 1.52 bits per heavy atom. The van der Waals surface area contributed by atoms with Crippen molar-refractivity contribution in [1.82, 2.24) is 0 Å². The molecular weight excluding hydrogens is 610 g/mol. The van der Waals surface area contributed by atoms with Crippen LogP contribution in [0.5, 0.6) is 5.75 Å². The summed E-state index contributed by atoms with van der Waals surface area (Å²) in [5.41, 5.74) is 1.33. The molecule has 1 N–H and O–H groups in total. The molecule has 0 unspecified atom stereocenters. The second-order valence-electron chi connectivity index (χ2n) is 10.4. The maximum atomic E-state index is 14.5. The highest BCUT2D eigenvalue weighted by Crippen LogP contribution is 2.58. The highest BCUT2D eigenvalue weighted by Gasteiger charge is 2.55. The molecule has 1 heterocycles. The van der Waals surface area contributed by atoms with Gasteiger partial charge in [-0.3, -0.25) is 0 Å². The molecule has 5 nitrogen and oxygen atoms in total. The Kier molecular flexibility index (Phi) is 7.10. The number of fused-ring (bicyclic) bond motifs is 2. The van der Waals surface area contributed by atoms with Crippen molar-refractivity contribution < 1.29 is 14.6 Å². The van der Waals surface area contributed by atoms with Gasteiger partial charge in [0, 0.05) is 39.4 Å². The van der Waals surface area contributed by atoms with Gasteiger partial charge in [0.2, 0.25) is 5.30 Å². The number of nitrogens with zero attached hydrogens (tertiary/aromatic N) is 2. The zero-order valence-corrected chi connectivity index (χ0v) is 25.5. The molecule has 0 bridgehead atoms. The summed E-state index contributed by atoms with van der Waals surface area (Å²) in [6.45, 7) is 0. The molecule has 0 atom stereocenters. The number of aromatic hydroxyl groups is 1. The largest absolute Gasteiger partial charge is 0.617 e. The summed E-state index contributed by atoms with van der Waals surface area (Å²) in [7, 11) is -3.09. The fourth-order valence-corrected chi connectivity index (χ4v) is 10.9. The van der Waals surface area contributed by atoms with Gasteiger partial charge in [-0.2, -0.15) is 4.73 Å². The molecule has 44 heavy (non-hydrogen) atoms. The van der Waals surface area contributed by atoms with Crippen LogP contribution in [0.3, 0.4) is 0 Å². The standard InChI is InChI=1S/C36H23Cl2N2O3P/c37-24-20-21-30(38)28(22-24)29-23-33-34(40(43)32-19-11-10-18-31(32)39(33)42)36(35(29)41)44(25-12-4-1-5-13-25,26-14-6-2-7-15-26)27-16-8-3-9-17-27/h1-23H/p+1. The quantitative estimate of drug-likeness (QED) is 0.101. The number of hydrogen-bond donors (Lipinski definition) is 1. The highest BCUT2D eigenvalue weighted by atomic mass is 35.5. The maximum Gasteiger partial charge on any atom is 0.338 e. The smallest absolute Gasteiger partial charge is 0.338 e. The molecule has 1 aromatic heterocycles. The van der Waals surface area contributed by atoms with Crippen LogP contribution in [-0.2, 0) is 0 Å². The zero-order chi connectivity index (χ0) is 30.4. The first-order chi connectivity index (χ1) is 21.4. The number of aromatic nitrogens is 2. The van der Waals surface area contributed by atoms with Crippen LogP contribution >= 0.6 is 30.5 Å². The summed E-state index contributed by atoms with van der Waals surface area (Å²) in [6, 6.07) is 42.7. The van der Waals surface area contributed by atoms with Crippen LogP contribution in [0.4, 0.5) is 0 Å². The summed E-state index contributed by atoms with van der Waals surface area (Å²) < 4.78 is 1.54. The van der Waals surface area contributed by atoms with Crippen molar-refractivity contribution in [3.8, 4) is 16.9 Å². The van der Waals surface area contributed by atoms with Crippen molar-refractivity contribution in [2.45, 2.75) is 0 Å². The van der Waals surface area contributed by atoms with Crippen molar-refractivity contribution >= 4 is 73.7 Å². The van der Waals surface area contributed by atoms with E-state index in [1.807, 2.05) is 91.0 Å². The van der Waals surface area contributed by atoms with Crippen LogP contribution in [0.2, 0.25) is 10.0 Å². The first-order valence-electron chi connectivity index (χ1n) is 13.9. The minimum Gasteiger partial charge on any atom is -0.617 e. The average Bonchev–Trinajstić information content (AvgIpc) is 3.07. The molecule has 0 spiro atoms. The Labute approximate surface area is 264 Å². The molecule has 214 valence electrons. The van der Waals surface area contributed by atoms with Crippen molar-refractivity contribution in [3.63, 3.8) is 0 Å². The SMILES string of the molecule is [O-][n+]1c2ccccc2[n+]([O-])c2c([P+](c3ccccc3)(c3ccccc3)c3ccccc3)c(O)c(-c3cc(Cl)ccc3Cl)cc21. The molecule has 0 aliphatic heterocycles. The van der Waals surface area contributed by atoms with E-state index in [2.05, 4.69) is 0 Å². The third kappa shape index (κ3) is 4.28. The molecule has 0 aliphatic carbocycles. The molecule has 8 heteroatoms. The van der Waals surface area contributed by atoms with Crippen LogP contribution in [0, 0.1) is 10.4 Å². The Morgan fingerprint density at radius 1 is 0.523 bits per heavy atom. The van der Waals surface area contributed by atoms with Gasteiger partial charge in [-0.05, 0) is 54.6 Å². The van der Waals surface area contributed by atoms with E-state index in [9.17, 15) is 15.5 Å². The molecule has 7 rings (SSSR count). The number of benzene rings is 6. The molecule has 0 aliphatic rings. The molecule has 0 radical (unpaired) electrons. The molecule has 6 aromatic carbocycles. The van der Waals surface area contributed by atoms with Crippen LogP contribution in [0.25, 0.3) is 33.2 Å². The average molecular weight is 634 g/mol. The van der Waals surface area contributed by atoms with E-state index < -0.39 is 7.26 Å². The summed E-state index contributed by atoms with van der Waals surface area (Å²) >= 11 is 13.2. The Balaban J connectivity index is 1.81. The van der Waals surface area contributed by atoms with E-state index in [0.29, 0.717) is 26.5 Å². The summed E-state index contributed by atoms with van der Waals surface area (Å²) in [5, 5.41) is 45.2. The first kappa shape index (κ1) is 28.1. The number of phenolic OH excluding ortho intramolecular Hbond substituents is 1. The van der Waals surface area contributed by atoms with E-state index in [4.69, 9.17) is 23.2 Å². The minimum atomic E-state index is -3.09. The molecule has 0 saturated heterocycles. The molecule has 0 fully saturated rings. The van der Waals surface area contributed by atoms with E-state index in [-0.39, 0.29) is 27.8 Å². The van der Waals surface area contributed by atoms with Crippen molar-refractivity contribution in [1.29, 1.82) is 0 Å². The molecule has 0 amide bonds. The van der Waals surface area contributed by atoms with Gasteiger partial charge in [0.25, 0.3) is 16.6 Å². The minimum absolute atomic E-state index is 0.0861. The fraction of sp³-hybridized carbons (Fsp3) is 0. The van der Waals surface area contributed by atoms with E-state index in [0.717, 1.165) is 25.4 Å². The lowest BCUT2D eigenvalue weighted by Crippen LogP contribution is -2.46. The van der Waals surface area contributed by atoms with Crippen LogP contribution in [0.15, 0.2) is 140 Å².